The zero-order valence-electron chi connectivity index (χ0n) is 16.2. The van der Waals surface area contributed by atoms with Crippen LogP contribution in [0.4, 0.5) is 9.52 Å². The number of fused-ring (bicyclic) bond motifs is 1. The van der Waals surface area contributed by atoms with Crippen LogP contribution in [0.15, 0.2) is 55.1 Å². The molecule has 31 heavy (non-hydrogen) atoms. The standard InChI is InChI=1S/C21H17Cl2FN4O2S/c22-14-5-6-17(15(23)11-14)30-12-19(29)28(9-2-8-27-10-7-25-13-27)21-26-20-16(24)3-1-4-18(20)31-21/h1,3-7,10-11,13H,2,8-9,12H2. The van der Waals surface area contributed by atoms with Crippen LogP contribution >= 0.6 is 34.5 Å². The number of imidazole rings is 1. The van der Waals surface area contributed by atoms with Crippen molar-refractivity contribution in [3.63, 3.8) is 0 Å². The first-order valence-electron chi connectivity index (χ1n) is 9.40. The summed E-state index contributed by atoms with van der Waals surface area (Å²) in [7, 11) is 0. The molecule has 0 fully saturated rings. The quantitative estimate of drug-likeness (QED) is 0.338. The third-order valence-electron chi connectivity index (χ3n) is 4.49. The van der Waals surface area contributed by atoms with Crippen molar-refractivity contribution < 1.29 is 13.9 Å². The van der Waals surface area contributed by atoms with Crippen LogP contribution in [0, 0.1) is 5.82 Å². The summed E-state index contributed by atoms with van der Waals surface area (Å²) in [4.78, 5) is 22.9. The van der Waals surface area contributed by atoms with Gasteiger partial charge in [0.25, 0.3) is 5.91 Å². The maximum atomic E-state index is 14.1. The van der Waals surface area contributed by atoms with E-state index in [0.29, 0.717) is 45.1 Å². The Hall–Kier alpha value is -2.68. The van der Waals surface area contributed by atoms with Gasteiger partial charge in [0.05, 0.1) is 16.0 Å². The molecule has 0 bridgehead atoms. The highest BCUT2D eigenvalue weighted by atomic mass is 35.5. The molecule has 0 aliphatic carbocycles. The highest BCUT2D eigenvalue weighted by Crippen LogP contribution is 2.31. The number of carbonyl (C=O) groups excluding carboxylic acids is 1. The van der Waals surface area contributed by atoms with Gasteiger partial charge in [0.2, 0.25) is 0 Å². The first-order valence-corrected chi connectivity index (χ1v) is 11.0. The van der Waals surface area contributed by atoms with E-state index >= 15 is 0 Å². The van der Waals surface area contributed by atoms with Crippen molar-refractivity contribution in [2.24, 2.45) is 0 Å². The monoisotopic (exact) mass is 478 g/mol. The van der Waals surface area contributed by atoms with Gasteiger partial charge in [-0.15, -0.1) is 0 Å². The molecule has 2 heterocycles. The molecule has 0 saturated heterocycles. The maximum Gasteiger partial charge on any atom is 0.266 e. The van der Waals surface area contributed by atoms with Crippen molar-refractivity contribution >= 4 is 55.8 Å². The van der Waals surface area contributed by atoms with Gasteiger partial charge < -0.3 is 9.30 Å². The molecule has 0 atom stereocenters. The Bertz CT molecular complexity index is 1200. The Labute approximate surface area is 191 Å². The number of halogens is 3. The number of anilines is 1. The van der Waals surface area contributed by atoms with Gasteiger partial charge in [-0.1, -0.05) is 40.6 Å². The third kappa shape index (κ3) is 5.15. The van der Waals surface area contributed by atoms with Crippen LogP contribution in [-0.2, 0) is 11.3 Å². The molecule has 2 aromatic heterocycles. The van der Waals surface area contributed by atoms with Crippen molar-refractivity contribution in [3.05, 3.63) is 71.0 Å². The normalized spacial score (nSPS) is 11.1. The second-order valence-electron chi connectivity index (χ2n) is 6.65. The molecular formula is C21H17Cl2FN4O2S. The third-order valence-corrected chi connectivity index (χ3v) is 6.07. The van der Waals surface area contributed by atoms with E-state index < -0.39 is 5.82 Å². The van der Waals surface area contributed by atoms with Crippen molar-refractivity contribution in [2.45, 2.75) is 13.0 Å². The number of benzene rings is 2. The van der Waals surface area contributed by atoms with E-state index in [1.165, 1.54) is 22.3 Å². The lowest BCUT2D eigenvalue weighted by Crippen LogP contribution is -2.36. The molecule has 0 N–H and O–H groups in total. The van der Waals surface area contributed by atoms with Gasteiger partial charge in [-0.2, -0.15) is 0 Å². The smallest absolute Gasteiger partial charge is 0.266 e. The number of aryl methyl sites for hydroxylation is 1. The molecule has 0 saturated carbocycles. The number of rotatable bonds is 8. The first kappa shape index (κ1) is 21.5. The minimum Gasteiger partial charge on any atom is -0.482 e. The average Bonchev–Trinajstić information content (AvgIpc) is 3.41. The van der Waals surface area contributed by atoms with E-state index in [9.17, 15) is 9.18 Å². The summed E-state index contributed by atoms with van der Waals surface area (Å²) in [6, 6.07) is 9.53. The lowest BCUT2D eigenvalue weighted by Gasteiger charge is -2.20. The Kier molecular flexibility index (Phi) is 6.70. The summed E-state index contributed by atoms with van der Waals surface area (Å²) in [6.07, 6.45) is 5.92. The van der Waals surface area contributed by atoms with Crippen molar-refractivity contribution in [1.29, 1.82) is 0 Å². The van der Waals surface area contributed by atoms with Gasteiger partial charge in [0, 0.05) is 30.5 Å². The molecule has 0 radical (unpaired) electrons. The molecular weight excluding hydrogens is 462 g/mol. The summed E-state index contributed by atoms with van der Waals surface area (Å²) < 4.78 is 22.3. The summed E-state index contributed by atoms with van der Waals surface area (Å²) in [5.41, 5.74) is 0.247. The van der Waals surface area contributed by atoms with E-state index in [-0.39, 0.29) is 18.0 Å². The molecule has 0 aliphatic rings. The molecule has 0 aliphatic heterocycles. The average molecular weight is 479 g/mol. The Morgan fingerprint density at radius 3 is 2.87 bits per heavy atom. The fourth-order valence-corrected chi connectivity index (χ4v) is 4.47. The summed E-state index contributed by atoms with van der Waals surface area (Å²) in [6.45, 7) is 0.813. The first-order chi connectivity index (χ1) is 15.0. The van der Waals surface area contributed by atoms with Crippen molar-refractivity contribution in [2.75, 3.05) is 18.1 Å². The van der Waals surface area contributed by atoms with E-state index in [1.54, 1.807) is 42.9 Å². The molecule has 160 valence electrons. The number of carbonyl (C=O) groups is 1. The van der Waals surface area contributed by atoms with Gasteiger partial charge >= 0.3 is 0 Å². The van der Waals surface area contributed by atoms with Crippen molar-refractivity contribution in [3.8, 4) is 5.75 Å². The topological polar surface area (TPSA) is 60.2 Å². The molecule has 4 rings (SSSR count). The van der Waals surface area contributed by atoms with Gasteiger partial charge in [-0.3, -0.25) is 9.69 Å². The SMILES string of the molecule is O=C(COc1ccc(Cl)cc1Cl)N(CCCn1ccnc1)c1nc2c(F)cccc2s1. The number of ether oxygens (including phenoxy) is 1. The number of amides is 1. The second kappa shape index (κ2) is 9.64. The molecule has 0 spiro atoms. The maximum absolute atomic E-state index is 14.1. The predicted octanol–water partition coefficient (Wildman–Crippen LogP) is 5.44. The van der Waals surface area contributed by atoms with Crippen LogP contribution in [0.2, 0.25) is 10.0 Å². The summed E-state index contributed by atoms with van der Waals surface area (Å²) >= 11 is 13.3. The molecule has 6 nitrogen and oxygen atoms in total. The number of hydrogen-bond acceptors (Lipinski definition) is 5. The van der Waals surface area contributed by atoms with Crippen LogP contribution in [0.25, 0.3) is 10.2 Å². The van der Waals surface area contributed by atoms with Crippen LogP contribution in [0.3, 0.4) is 0 Å². The minimum atomic E-state index is -0.421. The number of hydrogen-bond donors (Lipinski definition) is 0. The number of para-hydroxylation sites is 1. The highest BCUT2D eigenvalue weighted by Gasteiger charge is 2.21. The largest absolute Gasteiger partial charge is 0.482 e. The Balaban J connectivity index is 1.52. The van der Waals surface area contributed by atoms with Gasteiger partial charge in [-0.05, 0) is 36.8 Å². The van der Waals surface area contributed by atoms with Crippen LogP contribution in [0.5, 0.6) is 5.75 Å². The second-order valence-corrected chi connectivity index (χ2v) is 8.50. The Morgan fingerprint density at radius 1 is 1.26 bits per heavy atom. The minimum absolute atomic E-state index is 0.245. The molecule has 1 amide bonds. The van der Waals surface area contributed by atoms with Crippen LogP contribution < -0.4 is 9.64 Å². The highest BCUT2D eigenvalue weighted by molar-refractivity contribution is 7.22. The lowest BCUT2D eigenvalue weighted by atomic mass is 10.3. The molecule has 2 aromatic carbocycles. The molecule has 10 heteroatoms. The van der Waals surface area contributed by atoms with Crippen molar-refractivity contribution in [1.82, 2.24) is 14.5 Å². The summed E-state index contributed by atoms with van der Waals surface area (Å²) in [5.74, 6) is -0.376. The summed E-state index contributed by atoms with van der Waals surface area (Å²) in [5, 5.41) is 1.21. The van der Waals surface area contributed by atoms with E-state index in [2.05, 4.69) is 9.97 Å². The Morgan fingerprint density at radius 2 is 2.13 bits per heavy atom. The number of thiazole rings is 1. The zero-order chi connectivity index (χ0) is 21.8. The van der Waals surface area contributed by atoms with E-state index in [0.717, 1.165) is 0 Å². The van der Waals surface area contributed by atoms with E-state index in [1.807, 2.05) is 10.8 Å². The fraction of sp³-hybridized carbons (Fsp3) is 0.190. The van der Waals surface area contributed by atoms with Gasteiger partial charge in [0.1, 0.15) is 17.1 Å². The predicted molar refractivity (Wildman–Crippen MR) is 121 cm³/mol. The molecule has 4 aromatic rings. The molecule has 0 unspecified atom stereocenters. The van der Waals surface area contributed by atoms with Gasteiger partial charge in [-0.25, -0.2) is 14.4 Å². The lowest BCUT2D eigenvalue weighted by molar-refractivity contribution is -0.120. The van der Waals surface area contributed by atoms with E-state index in [4.69, 9.17) is 27.9 Å². The van der Waals surface area contributed by atoms with Crippen LogP contribution in [0.1, 0.15) is 6.42 Å². The van der Waals surface area contributed by atoms with Gasteiger partial charge in [0.15, 0.2) is 11.7 Å². The zero-order valence-corrected chi connectivity index (χ0v) is 18.5. The fourth-order valence-electron chi connectivity index (χ4n) is 2.99. The van der Waals surface area contributed by atoms with Crippen LogP contribution in [-0.4, -0.2) is 33.6 Å². The number of aromatic nitrogens is 3. The number of nitrogens with zero attached hydrogens (tertiary/aromatic N) is 4.